The van der Waals surface area contributed by atoms with Crippen LogP contribution in [0.3, 0.4) is 0 Å². The average molecular weight is 332 g/mol. The van der Waals surface area contributed by atoms with Crippen molar-refractivity contribution in [2.75, 3.05) is 31.6 Å². The molecule has 2 atom stereocenters. The van der Waals surface area contributed by atoms with Crippen molar-refractivity contribution in [2.45, 2.75) is 63.2 Å². The summed E-state index contributed by atoms with van der Waals surface area (Å²) in [6.07, 6.45) is 5.59. The van der Waals surface area contributed by atoms with E-state index in [2.05, 4.69) is 48.0 Å². The molecule has 1 saturated carbocycles. The van der Waals surface area contributed by atoms with Crippen LogP contribution in [0.4, 0.5) is 5.69 Å². The number of hydrogen-bond donors (Lipinski definition) is 2. The van der Waals surface area contributed by atoms with Crippen molar-refractivity contribution in [3.8, 4) is 0 Å². The highest BCUT2D eigenvalue weighted by Gasteiger charge is 2.36. The number of aryl methyl sites for hydroxylation is 1. The number of benzene rings is 1. The molecular formula is C20H32N2O2. The summed E-state index contributed by atoms with van der Waals surface area (Å²) >= 11 is 0. The molecule has 1 aromatic rings. The molecular weight excluding hydrogens is 300 g/mol. The number of piperidine rings is 1. The van der Waals surface area contributed by atoms with Crippen LogP contribution in [-0.2, 0) is 0 Å². The van der Waals surface area contributed by atoms with Crippen molar-refractivity contribution in [1.82, 2.24) is 4.90 Å². The summed E-state index contributed by atoms with van der Waals surface area (Å²) in [5.74, 6) is 0. The Morgan fingerprint density at radius 3 is 2.50 bits per heavy atom. The highest BCUT2D eigenvalue weighted by atomic mass is 16.3. The van der Waals surface area contributed by atoms with Crippen LogP contribution in [0.15, 0.2) is 24.3 Å². The van der Waals surface area contributed by atoms with Crippen LogP contribution in [-0.4, -0.2) is 59.5 Å². The van der Waals surface area contributed by atoms with E-state index in [0.29, 0.717) is 6.54 Å². The van der Waals surface area contributed by atoms with Crippen molar-refractivity contribution in [3.05, 3.63) is 29.8 Å². The Hall–Kier alpha value is -1.10. The zero-order valence-corrected chi connectivity index (χ0v) is 15.1. The second-order valence-corrected chi connectivity index (χ2v) is 7.83. The number of aliphatic hydroxyl groups is 2. The molecule has 2 aliphatic rings. The summed E-state index contributed by atoms with van der Waals surface area (Å²) in [7, 11) is 2.06. The van der Waals surface area contributed by atoms with Gasteiger partial charge in [0.2, 0.25) is 0 Å². The van der Waals surface area contributed by atoms with E-state index in [1.807, 2.05) is 0 Å². The topological polar surface area (TPSA) is 46.9 Å². The minimum atomic E-state index is -0.634. The van der Waals surface area contributed by atoms with Crippen LogP contribution in [0.5, 0.6) is 0 Å². The number of likely N-dealkylation sites (N-methyl/N-ethyl adjacent to an activating group) is 1. The molecule has 2 fully saturated rings. The number of nitrogens with zero attached hydrogens (tertiary/aromatic N) is 2. The van der Waals surface area contributed by atoms with Crippen molar-refractivity contribution in [1.29, 1.82) is 0 Å². The highest BCUT2D eigenvalue weighted by molar-refractivity contribution is 5.53. The van der Waals surface area contributed by atoms with Crippen molar-refractivity contribution in [3.63, 3.8) is 0 Å². The monoisotopic (exact) mass is 332 g/mol. The molecule has 0 radical (unpaired) electrons. The van der Waals surface area contributed by atoms with E-state index in [1.165, 1.54) is 17.7 Å². The maximum absolute atomic E-state index is 11.0. The van der Waals surface area contributed by atoms with Gasteiger partial charge in [0.25, 0.3) is 0 Å². The first-order valence-corrected chi connectivity index (χ1v) is 9.40. The van der Waals surface area contributed by atoms with Gasteiger partial charge in [0.05, 0.1) is 11.7 Å². The van der Waals surface area contributed by atoms with Gasteiger partial charge in [-0.15, -0.1) is 0 Å². The van der Waals surface area contributed by atoms with E-state index in [9.17, 15) is 10.2 Å². The van der Waals surface area contributed by atoms with Crippen LogP contribution in [0, 0.1) is 6.92 Å². The molecule has 1 heterocycles. The van der Waals surface area contributed by atoms with E-state index >= 15 is 0 Å². The normalized spacial score (nSPS) is 27.5. The fraction of sp³-hybridized carbons (Fsp3) is 0.700. The lowest BCUT2D eigenvalue weighted by molar-refractivity contribution is -0.0449. The summed E-state index contributed by atoms with van der Waals surface area (Å²) in [6, 6.07) is 8.68. The van der Waals surface area contributed by atoms with Crippen LogP contribution >= 0.6 is 0 Å². The first-order valence-electron chi connectivity index (χ1n) is 9.40. The zero-order chi connectivity index (χ0) is 17.2. The zero-order valence-electron chi connectivity index (χ0n) is 15.1. The van der Waals surface area contributed by atoms with Gasteiger partial charge < -0.3 is 15.1 Å². The maximum atomic E-state index is 11.0. The summed E-state index contributed by atoms with van der Waals surface area (Å²) in [5.41, 5.74) is 1.95. The first-order chi connectivity index (χ1) is 11.5. The summed E-state index contributed by atoms with van der Waals surface area (Å²) < 4.78 is 0. The fourth-order valence-electron chi connectivity index (χ4n) is 4.43. The van der Waals surface area contributed by atoms with Crippen LogP contribution < -0.4 is 4.90 Å². The maximum Gasteiger partial charge on any atom is 0.0807 e. The van der Waals surface area contributed by atoms with Gasteiger partial charge in [-0.1, -0.05) is 31.0 Å². The Kier molecular flexibility index (Phi) is 5.48. The standard InChI is InChI=1S/C20H32N2O2/c1-16-7-3-4-8-17(16)22-13-11-20(24,12-14-22)15-21(2)18-9-5-6-10-19(18)23/h3-4,7-8,18-19,23-24H,5-6,9-15H2,1-2H3/t18-,19+/m0/s1. The Labute approximate surface area is 146 Å². The van der Waals surface area contributed by atoms with Gasteiger partial charge in [-0.05, 0) is 51.3 Å². The second-order valence-electron chi connectivity index (χ2n) is 7.83. The Balaban J connectivity index is 1.57. The van der Waals surface area contributed by atoms with Gasteiger partial charge in [-0.25, -0.2) is 0 Å². The molecule has 0 aromatic heterocycles. The van der Waals surface area contributed by atoms with Gasteiger partial charge in [0.15, 0.2) is 0 Å². The molecule has 3 rings (SSSR count). The van der Waals surface area contributed by atoms with E-state index in [1.54, 1.807) is 0 Å². The van der Waals surface area contributed by atoms with E-state index in [-0.39, 0.29) is 12.1 Å². The van der Waals surface area contributed by atoms with Crippen LogP contribution in [0.2, 0.25) is 0 Å². The molecule has 1 saturated heterocycles. The lowest BCUT2D eigenvalue weighted by Gasteiger charge is -2.44. The molecule has 0 amide bonds. The molecule has 4 nitrogen and oxygen atoms in total. The van der Waals surface area contributed by atoms with Gasteiger partial charge in [0.1, 0.15) is 0 Å². The minimum absolute atomic E-state index is 0.206. The predicted molar refractivity (Wildman–Crippen MR) is 98.5 cm³/mol. The molecule has 1 aromatic carbocycles. The summed E-state index contributed by atoms with van der Waals surface area (Å²) in [6.45, 7) is 4.59. The molecule has 2 N–H and O–H groups in total. The molecule has 0 spiro atoms. The van der Waals surface area contributed by atoms with Crippen molar-refractivity contribution < 1.29 is 10.2 Å². The SMILES string of the molecule is Cc1ccccc1N1CCC(O)(CN(C)[C@H]2CCCC[C@H]2O)CC1. The lowest BCUT2D eigenvalue weighted by atomic mass is 9.87. The quantitative estimate of drug-likeness (QED) is 0.890. The predicted octanol–water partition coefficient (Wildman–Crippen LogP) is 2.56. The average Bonchev–Trinajstić information content (AvgIpc) is 2.56. The van der Waals surface area contributed by atoms with Crippen LogP contribution in [0.1, 0.15) is 44.1 Å². The molecule has 0 bridgehead atoms. The smallest absolute Gasteiger partial charge is 0.0807 e. The summed E-state index contributed by atoms with van der Waals surface area (Å²) in [4.78, 5) is 4.59. The van der Waals surface area contributed by atoms with Crippen molar-refractivity contribution in [2.24, 2.45) is 0 Å². The summed E-state index contributed by atoms with van der Waals surface area (Å²) in [5, 5.41) is 21.3. The van der Waals surface area contributed by atoms with Crippen LogP contribution in [0.25, 0.3) is 0 Å². The lowest BCUT2D eigenvalue weighted by Crippen LogP contribution is -2.54. The first kappa shape index (κ1) is 17.7. The fourth-order valence-corrected chi connectivity index (χ4v) is 4.43. The molecule has 0 unspecified atom stereocenters. The molecule has 134 valence electrons. The van der Waals surface area contributed by atoms with Gasteiger partial charge in [0, 0.05) is 31.4 Å². The Morgan fingerprint density at radius 2 is 1.83 bits per heavy atom. The second kappa shape index (κ2) is 7.42. The number of anilines is 1. The van der Waals surface area contributed by atoms with E-state index < -0.39 is 5.60 Å². The van der Waals surface area contributed by atoms with E-state index in [4.69, 9.17) is 0 Å². The third-order valence-corrected chi connectivity index (χ3v) is 5.95. The molecule has 4 heteroatoms. The Bertz CT molecular complexity index is 540. The Morgan fingerprint density at radius 1 is 1.17 bits per heavy atom. The molecule has 1 aliphatic heterocycles. The van der Waals surface area contributed by atoms with Gasteiger partial charge in [-0.3, -0.25) is 4.90 Å². The minimum Gasteiger partial charge on any atom is -0.391 e. The third-order valence-electron chi connectivity index (χ3n) is 5.95. The third kappa shape index (κ3) is 3.93. The number of para-hydroxylation sites is 1. The highest BCUT2D eigenvalue weighted by Crippen LogP contribution is 2.30. The number of rotatable bonds is 4. The number of hydrogen-bond acceptors (Lipinski definition) is 4. The largest absolute Gasteiger partial charge is 0.391 e. The van der Waals surface area contributed by atoms with Gasteiger partial charge in [-0.2, -0.15) is 0 Å². The molecule has 24 heavy (non-hydrogen) atoms. The van der Waals surface area contributed by atoms with Crippen molar-refractivity contribution >= 4 is 5.69 Å². The van der Waals surface area contributed by atoms with Gasteiger partial charge >= 0.3 is 0 Å². The molecule has 1 aliphatic carbocycles. The van der Waals surface area contributed by atoms with E-state index in [0.717, 1.165) is 45.2 Å². The number of aliphatic hydroxyl groups excluding tert-OH is 1.